The van der Waals surface area contributed by atoms with Crippen LogP contribution in [0.3, 0.4) is 0 Å². The second-order valence-electron chi connectivity index (χ2n) is 4.39. The molecule has 1 unspecified atom stereocenters. The molecule has 3 N–H and O–H groups in total. The normalized spacial score (nSPS) is 19.0. The molecule has 1 heterocycles. The standard InChI is InChI=1S/C13H19N3O2/c1-17-9-3-4-11(13(14)15)12(7-9)16-6-5-10(8-16)18-2/h3-4,7,10H,5-6,8H2,1-2H3,(H3,14,15). The van der Waals surface area contributed by atoms with Gasteiger partial charge in [-0.1, -0.05) is 0 Å². The summed E-state index contributed by atoms with van der Waals surface area (Å²) in [4.78, 5) is 2.19. The van der Waals surface area contributed by atoms with E-state index >= 15 is 0 Å². The molecular formula is C13H19N3O2. The minimum absolute atomic E-state index is 0.0773. The van der Waals surface area contributed by atoms with Crippen LogP contribution in [0, 0.1) is 5.41 Å². The number of methoxy groups -OCH3 is 2. The Morgan fingerprint density at radius 3 is 2.78 bits per heavy atom. The van der Waals surface area contributed by atoms with Crippen molar-refractivity contribution in [3.63, 3.8) is 0 Å². The van der Waals surface area contributed by atoms with Gasteiger partial charge in [0.05, 0.1) is 18.9 Å². The first-order valence-electron chi connectivity index (χ1n) is 5.96. The van der Waals surface area contributed by atoms with Crippen LogP contribution in [-0.4, -0.2) is 39.2 Å². The van der Waals surface area contributed by atoms with E-state index < -0.39 is 0 Å². The smallest absolute Gasteiger partial charge is 0.124 e. The van der Waals surface area contributed by atoms with Crippen molar-refractivity contribution in [2.75, 3.05) is 32.2 Å². The van der Waals surface area contributed by atoms with Gasteiger partial charge in [0.15, 0.2) is 0 Å². The number of nitrogens with one attached hydrogen (secondary N) is 1. The number of nitrogens with two attached hydrogens (primary N) is 1. The lowest BCUT2D eigenvalue weighted by molar-refractivity contribution is 0.121. The van der Waals surface area contributed by atoms with Gasteiger partial charge in [0.1, 0.15) is 11.6 Å². The summed E-state index contributed by atoms with van der Waals surface area (Å²) in [6, 6.07) is 5.58. The first kappa shape index (κ1) is 12.7. The minimum atomic E-state index is 0.0773. The number of nitrogen functional groups attached to an aromatic ring is 1. The third-order valence-electron chi connectivity index (χ3n) is 3.31. The van der Waals surface area contributed by atoms with Crippen LogP contribution in [0.15, 0.2) is 18.2 Å². The summed E-state index contributed by atoms with van der Waals surface area (Å²) in [5, 5.41) is 7.64. The van der Waals surface area contributed by atoms with Crippen LogP contribution in [0.25, 0.3) is 0 Å². The molecule has 0 bridgehead atoms. The Balaban J connectivity index is 2.32. The Labute approximate surface area is 107 Å². The van der Waals surface area contributed by atoms with E-state index in [0.717, 1.165) is 36.5 Å². The summed E-state index contributed by atoms with van der Waals surface area (Å²) in [6.07, 6.45) is 1.24. The van der Waals surface area contributed by atoms with Crippen LogP contribution >= 0.6 is 0 Å². The van der Waals surface area contributed by atoms with Gasteiger partial charge in [-0.15, -0.1) is 0 Å². The molecule has 1 aromatic carbocycles. The highest BCUT2D eigenvalue weighted by Crippen LogP contribution is 2.29. The molecule has 18 heavy (non-hydrogen) atoms. The monoisotopic (exact) mass is 249 g/mol. The summed E-state index contributed by atoms with van der Waals surface area (Å²) in [5.74, 6) is 0.851. The van der Waals surface area contributed by atoms with Gasteiger partial charge in [-0.3, -0.25) is 5.41 Å². The SMILES string of the molecule is COc1ccc(C(=N)N)c(N2CCC(OC)C2)c1. The topological polar surface area (TPSA) is 71.6 Å². The molecule has 0 spiro atoms. The second-order valence-corrected chi connectivity index (χ2v) is 4.39. The number of nitrogens with zero attached hydrogens (tertiary/aromatic N) is 1. The van der Waals surface area contributed by atoms with Gasteiger partial charge >= 0.3 is 0 Å². The Morgan fingerprint density at radius 1 is 1.44 bits per heavy atom. The maximum atomic E-state index is 7.64. The van der Waals surface area contributed by atoms with E-state index in [-0.39, 0.29) is 11.9 Å². The van der Waals surface area contributed by atoms with Crippen molar-refractivity contribution in [1.29, 1.82) is 5.41 Å². The van der Waals surface area contributed by atoms with Crippen LogP contribution in [0.2, 0.25) is 0 Å². The number of ether oxygens (including phenoxy) is 2. The number of hydrogen-bond donors (Lipinski definition) is 2. The van der Waals surface area contributed by atoms with Gasteiger partial charge in [-0.05, 0) is 18.6 Å². The lowest BCUT2D eigenvalue weighted by Gasteiger charge is -2.22. The quantitative estimate of drug-likeness (QED) is 0.621. The Morgan fingerprint density at radius 2 is 2.22 bits per heavy atom. The van der Waals surface area contributed by atoms with Crippen molar-refractivity contribution in [3.05, 3.63) is 23.8 Å². The summed E-state index contributed by atoms with van der Waals surface area (Å²) in [7, 11) is 3.36. The maximum absolute atomic E-state index is 7.64. The van der Waals surface area contributed by atoms with Crippen molar-refractivity contribution < 1.29 is 9.47 Å². The van der Waals surface area contributed by atoms with Crippen molar-refractivity contribution in [1.82, 2.24) is 0 Å². The van der Waals surface area contributed by atoms with E-state index in [1.54, 1.807) is 14.2 Å². The molecule has 1 aromatic rings. The highest BCUT2D eigenvalue weighted by molar-refractivity contribution is 6.00. The highest BCUT2D eigenvalue weighted by atomic mass is 16.5. The first-order valence-corrected chi connectivity index (χ1v) is 5.96. The summed E-state index contributed by atoms with van der Waals surface area (Å²) in [5.41, 5.74) is 7.31. The van der Waals surface area contributed by atoms with Crippen LogP contribution < -0.4 is 15.4 Å². The summed E-state index contributed by atoms with van der Waals surface area (Å²) >= 11 is 0. The fourth-order valence-electron chi connectivity index (χ4n) is 2.27. The predicted octanol–water partition coefficient (Wildman–Crippen LogP) is 1.20. The molecular weight excluding hydrogens is 230 g/mol. The zero-order valence-electron chi connectivity index (χ0n) is 10.8. The lowest BCUT2D eigenvalue weighted by atomic mass is 10.1. The lowest BCUT2D eigenvalue weighted by Crippen LogP contribution is -2.25. The number of benzene rings is 1. The van der Waals surface area contributed by atoms with Gasteiger partial charge in [-0.2, -0.15) is 0 Å². The summed E-state index contributed by atoms with van der Waals surface area (Å²) in [6.45, 7) is 1.73. The van der Waals surface area contributed by atoms with Gasteiger partial charge < -0.3 is 20.1 Å². The first-order chi connectivity index (χ1) is 8.65. The highest BCUT2D eigenvalue weighted by Gasteiger charge is 2.24. The Kier molecular flexibility index (Phi) is 3.72. The fraction of sp³-hybridized carbons (Fsp3) is 0.462. The fourth-order valence-corrected chi connectivity index (χ4v) is 2.27. The Hall–Kier alpha value is -1.75. The number of rotatable bonds is 4. The average Bonchev–Trinajstić information content (AvgIpc) is 2.86. The summed E-state index contributed by atoms with van der Waals surface area (Å²) < 4.78 is 10.6. The zero-order valence-corrected chi connectivity index (χ0v) is 10.8. The number of hydrogen-bond acceptors (Lipinski definition) is 4. The van der Waals surface area contributed by atoms with Crippen molar-refractivity contribution in [2.45, 2.75) is 12.5 Å². The van der Waals surface area contributed by atoms with E-state index in [2.05, 4.69) is 4.90 Å². The van der Waals surface area contributed by atoms with Gasteiger partial charge in [-0.25, -0.2) is 0 Å². The van der Waals surface area contributed by atoms with Crippen molar-refractivity contribution in [2.24, 2.45) is 5.73 Å². The molecule has 1 saturated heterocycles. The predicted molar refractivity (Wildman–Crippen MR) is 71.6 cm³/mol. The van der Waals surface area contributed by atoms with Gasteiger partial charge in [0.25, 0.3) is 0 Å². The van der Waals surface area contributed by atoms with Crippen LogP contribution in [0.4, 0.5) is 5.69 Å². The minimum Gasteiger partial charge on any atom is -0.497 e. The molecule has 2 rings (SSSR count). The molecule has 1 aliphatic rings. The molecule has 5 nitrogen and oxygen atoms in total. The van der Waals surface area contributed by atoms with Crippen molar-refractivity contribution in [3.8, 4) is 5.75 Å². The van der Waals surface area contributed by atoms with E-state index in [0.29, 0.717) is 0 Å². The molecule has 1 fully saturated rings. The Bertz CT molecular complexity index is 448. The van der Waals surface area contributed by atoms with Gasteiger partial charge in [0.2, 0.25) is 0 Å². The van der Waals surface area contributed by atoms with Crippen LogP contribution in [0.5, 0.6) is 5.75 Å². The molecule has 0 saturated carbocycles. The second kappa shape index (κ2) is 5.27. The molecule has 0 radical (unpaired) electrons. The average molecular weight is 249 g/mol. The molecule has 0 aliphatic carbocycles. The third kappa shape index (κ3) is 2.41. The molecule has 98 valence electrons. The van der Waals surface area contributed by atoms with Crippen molar-refractivity contribution >= 4 is 11.5 Å². The molecule has 0 amide bonds. The van der Waals surface area contributed by atoms with Crippen LogP contribution in [-0.2, 0) is 4.74 Å². The van der Waals surface area contributed by atoms with E-state index in [4.69, 9.17) is 20.6 Å². The molecule has 0 aromatic heterocycles. The van der Waals surface area contributed by atoms with E-state index in [9.17, 15) is 0 Å². The molecule has 1 atom stereocenters. The van der Waals surface area contributed by atoms with Gasteiger partial charge in [0, 0.05) is 31.8 Å². The van der Waals surface area contributed by atoms with E-state index in [1.165, 1.54) is 0 Å². The maximum Gasteiger partial charge on any atom is 0.124 e. The molecule has 5 heteroatoms. The largest absolute Gasteiger partial charge is 0.497 e. The van der Waals surface area contributed by atoms with E-state index in [1.807, 2.05) is 18.2 Å². The third-order valence-corrected chi connectivity index (χ3v) is 3.31. The number of anilines is 1. The molecule has 1 aliphatic heterocycles. The van der Waals surface area contributed by atoms with Crippen LogP contribution in [0.1, 0.15) is 12.0 Å². The number of amidine groups is 1. The zero-order chi connectivity index (χ0) is 13.1.